The Hall–Kier alpha value is -0.900. The van der Waals surface area contributed by atoms with Gasteiger partial charge in [0.05, 0.1) is 11.9 Å². The quantitative estimate of drug-likeness (QED) is 0.855. The van der Waals surface area contributed by atoms with Gasteiger partial charge in [0, 0.05) is 12.6 Å². The predicted octanol–water partition coefficient (Wildman–Crippen LogP) is 2.66. The van der Waals surface area contributed by atoms with Crippen molar-refractivity contribution in [1.29, 1.82) is 0 Å². The van der Waals surface area contributed by atoms with Crippen LogP contribution in [-0.4, -0.2) is 15.0 Å². The summed E-state index contributed by atoms with van der Waals surface area (Å²) in [7, 11) is 0. The molecule has 0 bridgehead atoms. The van der Waals surface area contributed by atoms with Gasteiger partial charge in [-0.3, -0.25) is 0 Å². The van der Waals surface area contributed by atoms with Crippen molar-refractivity contribution in [2.75, 3.05) is 0 Å². The van der Waals surface area contributed by atoms with Crippen LogP contribution in [0, 0.1) is 5.92 Å². The summed E-state index contributed by atoms with van der Waals surface area (Å²) >= 11 is 0. The monoisotopic (exact) mass is 236 g/mol. The van der Waals surface area contributed by atoms with E-state index in [1.165, 1.54) is 32.1 Å². The van der Waals surface area contributed by atoms with Gasteiger partial charge in [-0.05, 0) is 18.8 Å². The Morgan fingerprint density at radius 1 is 1.41 bits per heavy atom. The molecule has 0 amide bonds. The fraction of sp³-hybridized carbons (Fsp3) is 0.846. The minimum absolute atomic E-state index is 0.111. The lowest BCUT2D eigenvalue weighted by Gasteiger charge is -2.24. The van der Waals surface area contributed by atoms with Crippen molar-refractivity contribution < 1.29 is 0 Å². The van der Waals surface area contributed by atoms with E-state index in [0.717, 1.165) is 31.0 Å². The molecule has 17 heavy (non-hydrogen) atoms. The van der Waals surface area contributed by atoms with E-state index < -0.39 is 0 Å². The second-order valence-corrected chi connectivity index (χ2v) is 5.23. The van der Waals surface area contributed by atoms with Gasteiger partial charge in [-0.2, -0.15) is 0 Å². The van der Waals surface area contributed by atoms with Gasteiger partial charge in [0.25, 0.3) is 0 Å². The summed E-state index contributed by atoms with van der Waals surface area (Å²) in [6.45, 7) is 3.08. The van der Waals surface area contributed by atoms with Crippen molar-refractivity contribution >= 4 is 0 Å². The molecule has 4 nitrogen and oxygen atoms in total. The summed E-state index contributed by atoms with van der Waals surface area (Å²) in [6, 6.07) is 0.111. The van der Waals surface area contributed by atoms with E-state index in [2.05, 4.69) is 17.2 Å². The van der Waals surface area contributed by atoms with E-state index >= 15 is 0 Å². The molecule has 96 valence electrons. The molecular formula is C13H24N4. The van der Waals surface area contributed by atoms with Crippen LogP contribution >= 0.6 is 0 Å². The van der Waals surface area contributed by atoms with Crippen molar-refractivity contribution in [2.24, 2.45) is 11.7 Å². The summed E-state index contributed by atoms with van der Waals surface area (Å²) in [5, 5.41) is 8.09. The molecule has 1 aliphatic rings. The number of aromatic nitrogens is 3. The van der Waals surface area contributed by atoms with Gasteiger partial charge in [0.2, 0.25) is 0 Å². The number of nitrogens with zero attached hydrogens (tertiary/aromatic N) is 3. The van der Waals surface area contributed by atoms with Gasteiger partial charge >= 0.3 is 0 Å². The minimum Gasteiger partial charge on any atom is -0.323 e. The van der Waals surface area contributed by atoms with Crippen LogP contribution in [0.3, 0.4) is 0 Å². The maximum Gasteiger partial charge on any atom is 0.0754 e. The lowest BCUT2D eigenvalue weighted by Crippen LogP contribution is -2.20. The zero-order valence-corrected chi connectivity index (χ0v) is 10.8. The molecule has 1 unspecified atom stereocenters. The summed E-state index contributed by atoms with van der Waals surface area (Å²) in [5.74, 6) is 0.809. The smallest absolute Gasteiger partial charge is 0.0754 e. The van der Waals surface area contributed by atoms with Crippen LogP contribution < -0.4 is 5.73 Å². The molecule has 2 N–H and O–H groups in total. The Kier molecular flexibility index (Phi) is 4.54. The summed E-state index contributed by atoms with van der Waals surface area (Å²) in [6.07, 6.45) is 10.9. The average molecular weight is 236 g/mol. The van der Waals surface area contributed by atoms with Crippen molar-refractivity contribution in [3.63, 3.8) is 0 Å². The van der Waals surface area contributed by atoms with Gasteiger partial charge in [-0.15, -0.1) is 5.10 Å². The fourth-order valence-electron chi connectivity index (χ4n) is 2.84. The third-order valence-corrected chi connectivity index (χ3v) is 3.77. The first kappa shape index (κ1) is 12.6. The van der Waals surface area contributed by atoms with Crippen LogP contribution in [0.25, 0.3) is 0 Å². The van der Waals surface area contributed by atoms with Crippen molar-refractivity contribution in [2.45, 2.75) is 64.5 Å². The van der Waals surface area contributed by atoms with Gasteiger partial charge in [-0.25, -0.2) is 4.68 Å². The maximum atomic E-state index is 6.30. The molecule has 1 atom stereocenters. The van der Waals surface area contributed by atoms with Crippen LogP contribution in [0.15, 0.2) is 6.20 Å². The molecule has 1 fully saturated rings. The average Bonchev–Trinajstić information content (AvgIpc) is 2.79. The third kappa shape index (κ3) is 3.28. The van der Waals surface area contributed by atoms with Crippen LogP contribution in [0.1, 0.15) is 63.6 Å². The minimum atomic E-state index is 0.111. The van der Waals surface area contributed by atoms with E-state index in [1.54, 1.807) is 0 Å². The number of hydrogen-bond acceptors (Lipinski definition) is 3. The molecule has 2 rings (SSSR count). The first-order valence-corrected chi connectivity index (χ1v) is 6.95. The van der Waals surface area contributed by atoms with Crippen LogP contribution in [0.4, 0.5) is 0 Å². The van der Waals surface area contributed by atoms with E-state index in [0.29, 0.717) is 0 Å². The summed E-state index contributed by atoms with van der Waals surface area (Å²) in [5.41, 5.74) is 7.41. The molecule has 0 aliphatic heterocycles. The third-order valence-electron chi connectivity index (χ3n) is 3.77. The zero-order chi connectivity index (χ0) is 12.1. The van der Waals surface area contributed by atoms with Crippen LogP contribution in [0.5, 0.6) is 0 Å². The largest absolute Gasteiger partial charge is 0.323 e. The van der Waals surface area contributed by atoms with E-state index in [1.807, 2.05) is 10.9 Å². The Bertz CT molecular complexity index is 328. The Labute approximate surface area is 104 Å². The normalized spacial score (nSPS) is 19.4. The highest BCUT2D eigenvalue weighted by Gasteiger charge is 2.20. The maximum absolute atomic E-state index is 6.30. The lowest BCUT2D eigenvalue weighted by atomic mass is 9.84. The highest BCUT2D eigenvalue weighted by atomic mass is 15.4. The van der Waals surface area contributed by atoms with Gasteiger partial charge in [0.15, 0.2) is 0 Å². The highest BCUT2D eigenvalue weighted by molar-refractivity contribution is 5.01. The molecular weight excluding hydrogens is 212 g/mol. The lowest BCUT2D eigenvalue weighted by molar-refractivity contribution is 0.313. The SMILES string of the molecule is CCCn1nncc1C(N)CC1CCCCC1. The Balaban J connectivity index is 1.93. The predicted molar refractivity (Wildman–Crippen MR) is 68.4 cm³/mol. The van der Waals surface area contributed by atoms with E-state index in [9.17, 15) is 0 Å². The van der Waals surface area contributed by atoms with Gasteiger partial charge in [0.1, 0.15) is 0 Å². The molecule has 1 heterocycles. The Morgan fingerprint density at radius 2 is 2.18 bits per heavy atom. The highest BCUT2D eigenvalue weighted by Crippen LogP contribution is 2.30. The van der Waals surface area contributed by atoms with E-state index in [-0.39, 0.29) is 6.04 Å². The van der Waals surface area contributed by atoms with Crippen molar-refractivity contribution in [3.8, 4) is 0 Å². The van der Waals surface area contributed by atoms with Crippen molar-refractivity contribution in [1.82, 2.24) is 15.0 Å². The number of aryl methyl sites for hydroxylation is 1. The fourth-order valence-corrected chi connectivity index (χ4v) is 2.84. The van der Waals surface area contributed by atoms with Gasteiger partial charge in [-0.1, -0.05) is 44.2 Å². The van der Waals surface area contributed by atoms with Gasteiger partial charge < -0.3 is 5.73 Å². The molecule has 0 spiro atoms. The summed E-state index contributed by atoms with van der Waals surface area (Å²) < 4.78 is 1.97. The second kappa shape index (κ2) is 6.15. The molecule has 1 aromatic rings. The number of nitrogens with two attached hydrogens (primary N) is 1. The molecule has 1 aromatic heterocycles. The molecule has 0 radical (unpaired) electrons. The molecule has 1 aliphatic carbocycles. The molecule has 0 aromatic carbocycles. The molecule has 1 saturated carbocycles. The molecule has 0 saturated heterocycles. The number of hydrogen-bond donors (Lipinski definition) is 1. The first-order valence-electron chi connectivity index (χ1n) is 6.95. The zero-order valence-electron chi connectivity index (χ0n) is 10.8. The Morgan fingerprint density at radius 3 is 2.88 bits per heavy atom. The number of rotatable bonds is 5. The second-order valence-electron chi connectivity index (χ2n) is 5.23. The summed E-state index contributed by atoms with van der Waals surface area (Å²) in [4.78, 5) is 0. The van der Waals surface area contributed by atoms with E-state index in [4.69, 9.17) is 5.73 Å². The van der Waals surface area contributed by atoms with Crippen molar-refractivity contribution in [3.05, 3.63) is 11.9 Å². The topological polar surface area (TPSA) is 56.7 Å². The van der Waals surface area contributed by atoms with Crippen LogP contribution in [0.2, 0.25) is 0 Å². The first-order chi connectivity index (χ1) is 8.31. The molecule has 4 heteroatoms. The van der Waals surface area contributed by atoms with Crippen LogP contribution in [-0.2, 0) is 6.54 Å². The standard InChI is InChI=1S/C13H24N4/c1-2-8-17-13(10-15-16-17)12(14)9-11-6-4-3-5-7-11/h10-12H,2-9,14H2,1H3.